The number of amides is 1. The van der Waals surface area contributed by atoms with E-state index in [2.05, 4.69) is 6.08 Å². The highest BCUT2D eigenvalue weighted by atomic mass is 35.5. The Labute approximate surface area is 134 Å². The minimum absolute atomic E-state index is 0.0849. The Hall–Kier alpha value is -1.19. The lowest BCUT2D eigenvalue weighted by Crippen LogP contribution is -2.42. The summed E-state index contributed by atoms with van der Waals surface area (Å²) in [5.74, 6) is 0.167. The molecule has 1 atom stereocenters. The first-order chi connectivity index (χ1) is 10.0. The van der Waals surface area contributed by atoms with Gasteiger partial charge in [-0.15, -0.1) is 0 Å². The monoisotopic (exact) mass is 325 g/mol. The Morgan fingerprint density at radius 3 is 2.67 bits per heavy atom. The second-order valence-corrected chi connectivity index (χ2v) is 6.54. The lowest BCUT2D eigenvalue weighted by Gasteiger charge is -2.37. The van der Waals surface area contributed by atoms with E-state index in [1.54, 1.807) is 6.07 Å². The molecule has 21 heavy (non-hydrogen) atoms. The Kier molecular flexibility index (Phi) is 3.89. The zero-order valence-corrected chi connectivity index (χ0v) is 13.3. The topological polar surface area (TPSA) is 40.5 Å². The molecule has 1 unspecified atom stereocenters. The van der Waals surface area contributed by atoms with Crippen LogP contribution in [0.2, 0.25) is 10.0 Å². The predicted molar refractivity (Wildman–Crippen MR) is 84.0 cm³/mol. The summed E-state index contributed by atoms with van der Waals surface area (Å²) in [5.41, 5.74) is 2.01. The second-order valence-electron chi connectivity index (χ2n) is 5.75. The molecule has 112 valence electrons. The second kappa shape index (κ2) is 5.54. The summed E-state index contributed by atoms with van der Waals surface area (Å²) in [6.07, 6.45) is 4.43. The van der Waals surface area contributed by atoms with E-state index in [4.69, 9.17) is 23.2 Å². The molecule has 2 aliphatic rings. The summed E-state index contributed by atoms with van der Waals surface area (Å²) in [5, 5.41) is 10.8. The van der Waals surface area contributed by atoms with E-state index in [9.17, 15) is 9.90 Å². The van der Waals surface area contributed by atoms with Gasteiger partial charge in [0.15, 0.2) is 0 Å². The summed E-state index contributed by atoms with van der Waals surface area (Å²) in [6, 6.07) is 3.41. The highest BCUT2D eigenvalue weighted by Gasteiger charge is 2.40. The fourth-order valence-corrected chi connectivity index (χ4v) is 3.70. The van der Waals surface area contributed by atoms with Gasteiger partial charge in [-0.25, -0.2) is 0 Å². The van der Waals surface area contributed by atoms with E-state index >= 15 is 0 Å². The van der Waals surface area contributed by atoms with Crippen molar-refractivity contribution in [3.63, 3.8) is 0 Å². The molecular weight excluding hydrogens is 309 g/mol. The molecule has 1 aromatic rings. The van der Waals surface area contributed by atoms with Crippen LogP contribution >= 0.6 is 23.2 Å². The molecular formula is C16H17Cl2NO2. The maximum atomic E-state index is 12.2. The average molecular weight is 326 g/mol. The lowest BCUT2D eigenvalue weighted by atomic mass is 9.85. The molecule has 5 heteroatoms. The van der Waals surface area contributed by atoms with Crippen LogP contribution in [-0.4, -0.2) is 28.5 Å². The van der Waals surface area contributed by atoms with E-state index in [0.29, 0.717) is 34.6 Å². The van der Waals surface area contributed by atoms with Crippen LogP contribution in [0.1, 0.15) is 37.7 Å². The van der Waals surface area contributed by atoms with Crippen LogP contribution in [0.15, 0.2) is 23.8 Å². The van der Waals surface area contributed by atoms with E-state index in [0.717, 1.165) is 12.8 Å². The molecule has 1 N–H and O–H groups in total. The molecule has 1 aliphatic heterocycles. The first-order valence-electron chi connectivity index (χ1n) is 7.11. The quantitative estimate of drug-likeness (QED) is 0.831. The number of aromatic hydroxyl groups is 1. The molecule has 1 saturated carbocycles. The Morgan fingerprint density at radius 1 is 1.29 bits per heavy atom. The van der Waals surface area contributed by atoms with Crippen molar-refractivity contribution in [3.05, 3.63) is 39.4 Å². The molecule has 0 bridgehead atoms. The van der Waals surface area contributed by atoms with Gasteiger partial charge in [0.05, 0.1) is 10.0 Å². The van der Waals surface area contributed by atoms with Crippen LogP contribution < -0.4 is 0 Å². The molecule has 1 aliphatic carbocycles. The molecule has 1 saturated heterocycles. The lowest BCUT2D eigenvalue weighted by molar-refractivity contribution is -0.130. The number of hydrogen-bond acceptors (Lipinski definition) is 2. The minimum Gasteiger partial charge on any atom is -0.508 e. The van der Waals surface area contributed by atoms with Gasteiger partial charge >= 0.3 is 0 Å². The van der Waals surface area contributed by atoms with Crippen LogP contribution in [0.25, 0.3) is 0 Å². The summed E-state index contributed by atoms with van der Waals surface area (Å²) < 4.78 is 0. The number of rotatable bonds is 2. The van der Waals surface area contributed by atoms with E-state index in [-0.39, 0.29) is 17.6 Å². The number of benzene rings is 1. The number of hydrogen-bond donors (Lipinski definition) is 1. The Balaban J connectivity index is 1.81. The molecule has 1 amide bonds. The minimum atomic E-state index is -0.0849. The van der Waals surface area contributed by atoms with Gasteiger partial charge in [0.25, 0.3) is 0 Å². The highest BCUT2D eigenvalue weighted by molar-refractivity contribution is 6.42. The van der Waals surface area contributed by atoms with Gasteiger partial charge in [-0.05, 0) is 31.9 Å². The summed E-state index contributed by atoms with van der Waals surface area (Å²) in [6.45, 7) is 2.64. The van der Waals surface area contributed by atoms with Crippen LogP contribution in [-0.2, 0) is 4.79 Å². The Bertz CT molecular complexity index is 619. The van der Waals surface area contributed by atoms with Crippen LogP contribution in [0, 0.1) is 0 Å². The standard InChI is InChI=1S/C16H17Cl2NO2/c1-2-9-5-11(6-9)19-8-10(7-14(19)21)15-13(20)4-3-12(17)16(15)18/h2-4,10-11,20H,5-8H2,1H3. The van der Waals surface area contributed by atoms with Crippen molar-refractivity contribution in [2.75, 3.05) is 6.54 Å². The van der Waals surface area contributed by atoms with Gasteiger partial charge < -0.3 is 10.0 Å². The van der Waals surface area contributed by atoms with Crippen molar-refractivity contribution in [2.24, 2.45) is 0 Å². The third kappa shape index (κ3) is 2.53. The SMILES string of the molecule is CC=C1CC(N2CC(c3c(O)ccc(Cl)c3Cl)CC2=O)C1. The fraction of sp³-hybridized carbons (Fsp3) is 0.438. The number of nitrogens with zero attached hydrogens (tertiary/aromatic N) is 1. The summed E-state index contributed by atoms with van der Waals surface area (Å²) in [4.78, 5) is 14.2. The first kappa shape index (κ1) is 14.7. The van der Waals surface area contributed by atoms with Crippen molar-refractivity contribution >= 4 is 29.1 Å². The van der Waals surface area contributed by atoms with Gasteiger partial charge in [0, 0.05) is 30.5 Å². The van der Waals surface area contributed by atoms with Gasteiger partial charge in [0.2, 0.25) is 5.91 Å². The molecule has 0 radical (unpaired) electrons. The van der Waals surface area contributed by atoms with Crippen LogP contribution in [0.5, 0.6) is 5.75 Å². The average Bonchev–Trinajstić information content (AvgIpc) is 2.75. The number of halogens is 2. The molecule has 0 aromatic heterocycles. The van der Waals surface area contributed by atoms with Crippen molar-refractivity contribution in [3.8, 4) is 5.75 Å². The highest BCUT2D eigenvalue weighted by Crippen LogP contribution is 2.43. The maximum Gasteiger partial charge on any atom is 0.223 e. The van der Waals surface area contributed by atoms with E-state index in [1.807, 2.05) is 11.8 Å². The van der Waals surface area contributed by atoms with Crippen molar-refractivity contribution < 1.29 is 9.90 Å². The van der Waals surface area contributed by atoms with Gasteiger partial charge in [0.1, 0.15) is 5.75 Å². The number of carbonyl (C=O) groups excluding carboxylic acids is 1. The zero-order chi connectivity index (χ0) is 15.1. The van der Waals surface area contributed by atoms with Gasteiger partial charge in [-0.1, -0.05) is 34.9 Å². The third-order valence-electron chi connectivity index (χ3n) is 4.52. The smallest absolute Gasteiger partial charge is 0.223 e. The number of likely N-dealkylation sites (tertiary alicyclic amines) is 1. The Morgan fingerprint density at radius 2 is 2.00 bits per heavy atom. The molecule has 3 nitrogen and oxygen atoms in total. The fourth-order valence-electron chi connectivity index (χ4n) is 3.22. The third-order valence-corrected chi connectivity index (χ3v) is 5.34. The summed E-state index contributed by atoms with van der Waals surface area (Å²) >= 11 is 12.2. The normalized spacial score (nSPS) is 25.2. The number of allylic oxidation sites excluding steroid dienone is 1. The van der Waals surface area contributed by atoms with Crippen LogP contribution in [0.4, 0.5) is 0 Å². The first-order valence-corrected chi connectivity index (χ1v) is 7.87. The molecule has 1 aromatic carbocycles. The number of phenolic OH excluding ortho intramolecular Hbond substituents is 1. The predicted octanol–water partition coefficient (Wildman–Crippen LogP) is 4.12. The van der Waals surface area contributed by atoms with Crippen molar-refractivity contribution in [1.82, 2.24) is 4.90 Å². The number of phenols is 1. The van der Waals surface area contributed by atoms with Gasteiger partial charge in [-0.2, -0.15) is 0 Å². The molecule has 0 spiro atoms. The van der Waals surface area contributed by atoms with Crippen molar-refractivity contribution in [2.45, 2.75) is 38.1 Å². The van der Waals surface area contributed by atoms with Crippen LogP contribution in [0.3, 0.4) is 0 Å². The largest absolute Gasteiger partial charge is 0.508 e. The molecule has 3 rings (SSSR count). The zero-order valence-electron chi connectivity index (χ0n) is 11.8. The molecule has 2 fully saturated rings. The molecule has 1 heterocycles. The van der Waals surface area contributed by atoms with Crippen molar-refractivity contribution in [1.29, 1.82) is 0 Å². The summed E-state index contributed by atoms with van der Waals surface area (Å²) in [7, 11) is 0. The van der Waals surface area contributed by atoms with Gasteiger partial charge in [-0.3, -0.25) is 4.79 Å². The number of carbonyl (C=O) groups is 1. The van der Waals surface area contributed by atoms with E-state index in [1.165, 1.54) is 11.6 Å². The maximum absolute atomic E-state index is 12.2. The van der Waals surface area contributed by atoms with E-state index < -0.39 is 0 Å².